The van der Waals surface area contributed by atoms with Gasteiger partial charge in [-0.1, -0.05) is 11.6 Å². The van der Waals surface area contributed by atoms with Gasteiger partial charge < -0.3 is 14.2 Å². The van der Waals surface area contributed by atoms with E-state index < -0.39 is 29.5 Å². The molecule has 168 valence electrons. The van der Waals surface area contributed by atoms with Gasteiger partial charge in [0.25, 0.3) is 11.6 Å². The Labute approximate surface area is 178 Å². The number of aryl methyl sites for hydroxylation is 2. The van der Waals surface area contributed by atoms with Crippen molar-refractivity contribution in [3.8, 4) is 17.5 Å². The van der Waals surface area contributed by atoms with E-state index in [-0.39, 0.29) is 34.6 Å². The molecule has 0 aliphatic heterocycles. The van der Waals surface area contributed by atoms with Crippen molar-refractivity contribution in [2.24, 2.45) is 21.1 Å². The highest BCUT2D eigenvalue weighted by Crippen LogP contribution is 2.33. The molecule has 0 radical (unpaired) electrons. The average molecular weight is 463 g/mol. The Morgan fingerprint density at radius 2 is 1.81 bits per heavy atom. The van der Waals surface area contributed by atoms with Crippen LogP contribution >= 0.6 is 11.6 Å². The summed E-state index contributed by atoms with van der Waals surface area (Å²) in [5, 5.41) is -0.268. The molecule has 2 aromatic heterocycles. The van der Waals surface area contributed by atoms with Gasteiger partial charge in [0, 0.05) is 27.2 Å². The van der Waals surface area contributed by atoms with Crippen LogP contribution in [0.25, 0.3) is 11.2 Å². The third kappa shape index (κ3) is 4.63. The van der Waals surface area contributed by atoms with E-state index in [1.807, 2.05) is 0 Å². The lowest BCUT2D eigenvalue weighted by Crippen LogP contribution is -2.37. The Kier molecular flexibility index (Phi) is 5.94. The Hall–Kier alpha value is -3.15. The third-order valence-corrected chi connectivity index (χ3v) is 4.65. The minimum Gasteiger partial charge on any atom is -0.490 e. The third-order valence-electron chi connectivity index (χ3n) is 4.35. The smallest absolute Gasteiger partial charge is 0.490 e. The zero-order valence-electron chi connectivity index (χ0n) is 16.9. The number of imidazole rings is 1. The second-order valence-corrected chi connectivity index (χ2v) is 7.12. The zero-order valence-corrected chi connectivity index (χ0v) is 17.6. The van der Waals surface area contributed by atoms with Crippen LogP contribution in [0.4, 0.5) is 13.2 Å². The topological polar surface area (TPSA) is 89.5 Å². The van der Waals surface area contributed by atoms with Crippen LogP contribution in [0.3, 0.4) is 0 Å². The first-order valence-corrected chi connectivity index (χ1v) is 9.24. The first kappa shape index (κ1) is 22.5. The molecule has 0 bridgehead atoms. The molecule has 3 aromatic rings. The second kappa shape index (κ2) is 8.17. The predicted octanol–water partition coefficient (Wildman–Crippen LogP) is 2.37. The summed E-state index contributed by atoms with van der Waals surface area (Å²) >= 11 is 5.79. The maximum Gasteiger partial charge on any atom is 0.573 e. The second-order valence-electron chi connectivity index (χ2n) is 6.71. The van der Waals surface area contributed by atoms with E-state index in [0.717, 1.165) is 10.6 Å². The Morgan fingerprint density at radius 3 is 2.42 bits per heavy atom. The van der Waals surface area contributed by atoms with E-state index in [0.29, 0.717) is 0 Å². The van der Waals surface area contributed by atoms with Gasteiger partial charge in [0.15, 0.2) is 11.2 Å². The number of alkyl halides is 3. The molecule has 0 fully saturated rings. The summed E-state index contributed by atoms with van der Waals surface area (Å²) in [5.41, 5.74) is -0.665. The van der Waals surface area contributed by atoms with Crippen molar-refractivity contribution >= 4 is 22.8 Å². The lowest BCUT2D eigenvalue weighted by atomic mass is 10.3. The van der Waals surface area contributed by atoms with Crippen LogP contribution in [0.15, 0.2) is 27.8 Å². The van der Waals surface area contributed by atoms with Gasteiger partial charge in [-0.15, -0.1) is 13.2 Å². The van der Waals surface area contributed by atoms with Crippen molar-refractivity contribution in [2.45, 2.75) is 19.4 Å². The van der Waals surface area contributed by atoms with Gasteiger partial charge >= 0.3 is 12.1 Å². The Morgan fingerprint density at radius 1 is 1.13 bits per heavy atom. The molecule has 0 saturated heterocycles. The molecule has 0 aliphatic carbocycles. The van der Waals surface area contributed by atoms with Crippen molar-refractivity contribution < 1.29 is 27.4 Å². The van der Waals surface area contributed by atoms with Gasteiger partial charge in [0.1, 0.15) is 24.2 Å². The number of nitrogens with zero attached hydrogens (tertiary/aromatic N) is 4. The number of ether oxygens (including phenoxy) is 3. The molecule has 3 rings (SSSR count). The Bertz CT molecular complexity index is 1250. The molecule has 2 heterocycles. The van der Waals surface area contributed by atoms with Gasteiger partial charge in [-0.05, 0) is 19.1 Å². The summed E-state index contributed by atoms with van der Waals surface area (Å²) in [4.78, 5) is 28.7. The molecular weight excluding hydrogens is 445 g/mol. The van der Waals surface area contributed by atoms with E-state index >= 15 is 0 Å². The van der Waals surface area contributed by atoms with Crippen LogP contribution in [0.1, 0.15) is 6.92 Å². The molecule has 0 N–H and O–H groups in total. The van der Waals surface area contributed by atoms with E-state index in [9.17, 15) is 22.8 Å². The number of rotatable bonds is 6. The molecule has 0 saturated carbocycles. The summed E-state index contributed by atoms with van der Waals surface area (Å²) in [7, 11) is 4.43. The van der Waals surface area contributed by atoms with E-state index in [2.05, 4.69) is 9.72 Å². The predicted molar refractivity (Wildman–Crippen MR) is 105 cm³/mol. The molecule has 1 atom stereocenters. The summed E-state index contributed by atoms with van der Waals surface area (Å²) < 4.78 is 55.6. The van der Waals surface area contributed by atoms with Gasteiger partial charge in [0.2, 0.25) is 0 Å². The van der Waals surface area contributed by atoms with Crippen molar-refractivity contribution in [1.82, 2.24) is 18.7 Å². The highest BCUT2D eigenvalue weighted by molar-refractivity contribution is 6.32. The largest absolute Gasteiger partial charge is 0.573 e. The van der Waals surface area contributed by atoms with Crippen LogP contribution in [0.5, 0.6) is 17.5 Å². The molecule has 1 unspecified atom stereocenters. The van der Waals surface area contributed by atoms with Crippen LogP contribution in [0, 0.1) is 0 Å². The molecular formula is C18H18ClF3N4O5. The van der Waals surface area contributed by atoms with Crippen molar-refractivity contribution in [2.75, 3.05) is 6.61 Å². The molecule has 1 aromatic carbocycles. The van der Waals surface area contributed by atoms with Crippen molar-refractivity contribution in [3.63, 3.8) is 0 Å². The number of halogens is 4. The van der Waals surface area contributed by atoms with Gasteiger partial charge in [0.05, 0.1) is 5.02 Å². The van der Waals surface area contributed by atoms with E-state index in [1.165, 1.54) is 35.4 Å². The number of hydrogen-bond acceptors (Lipinski definition) is 6. The monoisotopic (exact) mass is 462 g/mol. The quantitative estimate of drug-likeness (QED) is 0.559. The highest BCUT2D eigenvalue weighted by Gasteiger charge is 2.32. The summed E-state index contributed by atoms with van der Waals surface area (Å²) in [5.74, 6) is -0.339. The highest BCUT2D eigenvalue weighted by atomic mass is 35.5. The number of hydrogen-bond donors (Lipinski definition) is 0. The van der Waals surface area contributed by atoms with Crippen LogP contribution in [-0.4, -0.2) is 37.8 Å². The molecule has 0 spiro atoms. The Balaban J connectivity index is 1.73. The normalized spacial score (nSPS) is 12.8. The maximum atomic E-state index is 12.4. The molecule has 13 heteroatoms. The fraction of sp³-hybridized carbons (Fsp3) is 0.389. The lowest BCUT2D eigenvalue weighted by molar-refractivity contribution is -0.274. The molecule has 0 amide bonds. The first-order valence-electron chi connectivity index (χ1n) is 8.86. The van der Waals surface area contributed by atoms with Crippen LogP contribution in [-0.2, 0) is 21.1 Å². The van der Waals surface area contributed by atoms with E-state index in [4.69, 9.17) is 21.1 Å². The molecule has 0 aliphatic rings. The minimum absolute atomic E-state index is 0.00402. The van der Waals surface area contributed by atoms with Gasteiger partial charge in [-0.25, -0.2) is 4.79 Å². The first-order chi connectivity index (χ1) is 14.4. The fourth-order valence-electron chi connectivity index (χ4n) is 2.81. The van der Waals surface area contributed by atoms with Crippen LogP contribution in [0.2, 0.25) is 5.02 Å². The number of fused-ring (bicyclic) bond motifs is 1. The molecule has 31 heavy (non-hydrogen) atoms. The zero-order chi connectivity index (χ0) is 23.1. The van der Waals surface area contributed by atoms with Crippen LogP contribution < -0.4 is 25.5 Å². The maximum absolute atomic E-state index is 12.4. The van der Waals surface area contributed by atoms with Crippen molar-refractivity contribution in [3.05, 3.63) is 44.1 Å². The minimum atomic E-state index is -4.86. The average Bonchev–Trinajstić information content (AvgIpc) is 3.00. The summed E-state index contributed by atoms with van der Waals surface area (Å²) in [6.45, 7) is 1.66. The fourth-order valence-corrected chi connectivity index (χ4v) is 3.02. The number of aromatic nitrogens is 4. The summed E-state index contributed by atoms with van der Waals surface area (Å²) in [6.07, 6.45) is -5.42. The van der Waals surface area contributed by atoms with E-state index in [1.54, 1.807) is 14.0 Å². The van der Waals surface area contributed by atoms with Crippen molar-refractivity contribution in [1.29, 1.82) is 0 Å². The SMILES string of the molecule is CC(COc1ccc(OC(F)(F)F)c(Cl)c1)Oc1nc2c(c(=O)n(C)c(=O)n2C)n1C. The standard InChI is InChI=1S/C18H18ClF3N4O5/c1-9(8-29-10-5-6-12(11(19)7-10)31-18(20,21)22)30-16-23-14-13(24(16)2)15(27)26(4)17(28)25(14)3/h5-7,9H,8H2,1-4H3. The lowest BCUT2D eigenvalue weighted by Gasteiger charge is -2.16. The molecule has 9 nitrogen and oxygen atoms in total. The van der Waals surface area contributed by atoms with Gasteiger partial charge in [-0.2, -0.15) is 4.98 Å². The number of benzene rings is 1. The van der Waals surface area contributed by atoms with Gasteiger partial charge in [-0.3, -0.25) is 18.5 Å². The summed E-state index contributed by atoms with van der Waals surface area (Å²) in [6, 6.07) is 3.59.